The highest BCUT2D eigenvalue weighted by Crippen LogP contribution is 2.39. The van der Waals surface area contributed by atoms with Crippen LogP contribution in [0.5, 0.6) is 0 Å². The summed E-state index contributed by atoms with van der Waals surface area (Å²) in [6, 6.07) is 5.53. The summed E-state index contributed by atoms with van der Waals surface area (Å²) >= 11 is 1.40. The van der Waals surface area contributed by atoms with E-state index in [1.54, 1.807) is 24.3 Å². The standard InChI is InChI=1S/C24H25N3O5S/c1-13(27-23(30)15-7-2-3-8-16(15)24(27)31)20(28)26-22-19(17-9-4-10-18(17)33-22)21(29)25-12-14-6-5-11-32-14/h2-3,7-8,13-14H,4-6,9-12H2,1H3,(H,25,29)(H,26,28)/t13-,14+/m1/s1. The first kappa shape index (κ1) is 21.8. The molecule has 2 atom stereocenters. The molecule has 1 saturated heterocycles. The van der Waals surface area contributed by atoms with E-state index in [0.717, 1.165) is 47.4 Å². The number of rotatable bonds is 6. The second kappa shape index (κ2) is 8.72. The number of hydrogen-bond acceptors (Lipinski definition) is 6. The molecule has 5 rings (SSSR count). The minimum Gasteiger partial charge on any atom is -0.376 e. The van der Waals surface area contributed by atoms with Crippen molar-refractivity contribution < 1.29 is 23.9 Å². The number of anilines is 1. The third-order valence-corrected chi connectivity index (χ3v) is 7.70. The Morgan fingerprint density at radius 2 is 1.88 bits per heavy atom. The van der Waals surface area contributed by atoms with Gasteiger partial charge in [0.2, 0.25) is 5.91 Å². The van der Waals surface area contributed by atoms with Gasteiger partial charge in [0.1, 0.15) is 11.0 Å². The number of amides is 4. The number of fused-ring (bicyclic) bond motifs is 2. The van der Waals surface area contributed by atoms with Crippen LogP contribution >= 0.6 is 11.3 Å². The monoisotopic (exact) mass is 467 g/mol. The van der Waals surface area contributed by atoms with Crippen LogP contribution in [0.15, 0.2) is 24.3 Å². The minimum atomic E-state index is -1.02. The molecule has 1 aromatic heterocycles. The number of benzene rings is 1. The maximum atomic E-state index is 13.1. The molecule has 9 heteroatoms. The molecule has 0 spiro atoms. The molecule has 0 unspecified atom stereocenters. The van der Waals surface area contributed by atoms with Crippen molar-refractivity contribution >= 4 is 40.0 Å². The maximum Gasteiger partial charge on any atom is 0.262 e. The Kier molecular flexibility index (Phi) is 5.76. The number of ether oxygens (including phenoxy) is 1. The lowest BCUT2D eigenvalue weighted by atomic mass is 10.1. The Bertz CT molecular complexity index is 1120. The first-order chi connectivity index (χ1) is 16.0. The van der Waals surface area contributed by atoms with Crippen molar-refractivity contribution in [3.05, 3.63) is 51.4 Å². The van der Waals surface area contributed by atoms with E-state index >= 15 is 0 Å². The summed E-state index contributed by atoms with van der Waals surface area (Å²) in [5, 5.41) is 6.26. The summed E-state index contributed by atoms with van der Waals surface area (Å²) in [6.07, 6.45) is 4.57. The van der Waals surface area contributed by atoms with Crippen molar-refractivity contribution in [1.29, 1.82) is 0 Å². The van der Waals surface area contributed by atoms with E-state index < -0.39 is 23.8 Å². The molecule has 3 heterocycles. The molecule has 33 heavy (non-hydrogen) atoms. The van der Waals surface area contributed by atoms with E-state index in [9.17, 15) is 19.2 Å². The van der Waals surface area contributed by atoms with E-state index in [1.165, 1.54) is 18.3 Å². The van der Waals surface area contributed by atoms with Gasteiger partial charge in [-0.3, -0.25) is 24.1 Å². The predicted octanol–water partition coefficient (Wildman–Crippen LogP) is 2.77. The van der Waals surface area contributed by atoms with Gasteiger partial charge in [0.15, 0.2) is 0 Å². The summed E-state index contributed by atoms with van der Waals surface area (Å²) in [5.74, 6) is -1.70. The molecule has 8 nitrogen and oxygen atoms in total. The van der Waals surface area contributed by atoms with Gasteiger partial charge in [-0.05, 0) is 56.7 Å². The minimum absolute atomic E-state index is 0.0209. The molecule has 4 amide bonds. The number of imide groups is 1. The van der Waals surface area contributed by atoms with Gasteiger partial charge in [0.05, 0.1) is 22.8 Å². The number of nitrogens with zero attached hydrogens (tertiary/aromatic N) is 1. The van der Waals surface area contributed by atoms with Crippen molar-refractivity contribution in [3.63, 3.8) is 0 Å². The van der Waals surface area contributed by atoms with Crippen molar-refractivity contribution in [2.45, 2.75) is 51.2 Å². The number of carbonyl (C=O) groups is 4. The van der Waals surface area contributed by atoms with E-state index in [4.69, 9.17) is 4.74 Å². The Hall–Kier alpha value is -3.04. The lowest BCUT2D eigenvalue weighted by Crippen LogP contribution is -2.45. The number of aryl methyl sites for hydroxylation is 1. The highest BCUT2D eigenvalue weighted by atomic mass is 32.1. The lowest BCUT2D eigenvalue weighted by Gasteiger charge is -2.21. The molecule has 2 N–H and O–H groups in total. The Labute approximate surface area is 195 Å². The van der Waals surface area contributed by atoms with E-state index in [1.807, 2.05) is 0 Å². The van der Waals surface area contributed by atoms with Gasteiger partial charge in [-0.15, -0.1) is 11.3 Å². The maximum absolute atomic E-state index is 13.1. The highest BCUT2D eigenvalue weighted by molar-refractivity contribution is 7.17. The van der Waals surface area contributed by atoms with E-state index in [-0.39, 0.29) is 12.0 Å². The molecule has 1 aliphatic carbocycles. The average molecular weight is 468 g/mol. The van der Waals surface area contributed by atoms with Gasteiger partial charge < -0.3 is 15.4 Å². The van der Waals surface area contributed by atoms with E-state index in [0.29, 0.717) is 34.8 Å². The van der Waals surface area contributed by atoms with Crippen molar-refractivity contribution in [2.75, 3.05) is 18.5 Å². The van der Waals surface area contributed by atoms with Crippen LogP contribution in [0.2, 0.25) is 0 Å². The molecule has 3 aliphatic rings. The normalized spacial score (nSPS) is 20.0. The van der Waals surface area contributed by atoms with E-state index in [2.05, 4.69) is 10.6 Å². The zero-order chi connectivity index (χ0) is 23.1. The van der Waals surface area contributed by atoms with Gasteiger partial charge in [0, 0.05) is 18.0 Å². The molecule has 0 radical (unpaired) electrons. The highest BCUT2D eigenvalue weighted by Gasteiger charge is 2.41. The SMILES string of the molecule is C[C@H](C(=O)Nc1sc2c(c1C(=O)NC[C@@H]1CCCO1)CCC2)N1C(=O)c2ccccc2C1=O. The Balaban J connectivity index is 1.34. The number of carbonyl (C=O) groups excluding carboxylic acids is 4. The van der Waals surface area contributed by atoms with Crippen LogP contribution in [-0.2, 0) is 22.4 Å². The van der Waals surface area contributed by atoms with Crippen LogP contribution in [0.3, 0.4) is 0 Å². The first-order valence-corrected chi connectivity index (χ1v) is 12.1. The molecule has 1 aromatic carbocycles. The molecule has 0 saturated carbocycles. The summed E-state index contributed by atoms with van der Waals surface area (Å²) in [4.78, 5) is 53.8. The summed E-state index contributed by atoms with van der Waals surface area (Å²) in [6.45, 7) is 2.67. The van der Waals surface area contributed by atoms with Crippen LogP contribution in [0, 0.1) is 0 Å². The van der Waals surface area contributed by atoms with Crippen molar-refractivity contribution in [1.82, 2.24) is 10.2 Å². The van der Waals surface area contributed by atoms with Crippen molar-refractivity contribution in [2.24, 2.45) is 0 Å². The molecule has 0 bridgehead atoms. The van der Waals surface area contributed by atoms with Gasteiger partial charge in [-0.1, -0.05) is 12.1 Å². The molecule has 1 fully saturated rings. The van der Waals surface area contributed by atoms with Crippen LogP contribution < -0.4 is 10.6 Å². The zero-order valence-corrected chi connectivity index (χ0v) is 19.1. The smallest absolute Gasteiger partial charge is 0.262 e. The third-order valence-electron chi connectivity index (χ3n) is 6.49. The second-order valence-corrected chi connectivity index (χ2v) is 9.70. The van der Waals surface area contributed by atoms with Crippen molar-refractivity contribution in [3.8, 4) is 0 Å². The average Bonchev–Trinajstić information content (AvgIpc) is 3.58. The van der Waals surface area contributed by atoms with Crippen LogP contribution in [0.25, 0.3) is 0 Å². The Morgan fingerprint density at radius 3 is 2.55 bits per heavy atom. The largest absolute Gasteiger partial charge is 0.376 e. The first-order valence-electron chi connectivity index (χ1n) is 11.3. The molecule has 2 aromatic rings. The lowest BCUT2D eigenvalue weighted by molar-refractivity contribution is -0.119. The molecule has 2 aliphatic heterocycles. The van der Waals surface area contributed by atoms with Gasteiger partial charge in [0.25, 0.3) is 17.7 Å². The van der Waals surface area contributed by atoms with Gasteiger partial charge in [-0.25, -0.2) is 0 Å². The summed E-state index contributed by atoms with van der Waals surface area (Å²) in [5.41, 5.74) is 2.07. The number of nitrogens with one attached hydrogen (secondary N) is 2. The molecule has 172 valence electrons. The summed E-state index contributed by atoms with van der Waals surface area (Å²) < 4.78 is 5.59. The molecular formula is C24H25N3O5S. The van der Waals surface area contributed by atoms with Crippen LogP contribution in [0.1, 0.15) is 67.7 Å². The molecular weight excluding hydrogens is 442 g/mol. The summed E-state index contributed by atoms with van der Waals surface area (Å²) in [7, 11) is 0. The zero-order valence-electron chi connectivity index (χ0n) is 18.3. The topological polar surface area (TPSA) is 105 Å². The number of hydrogen-bond donors (Lipinski definition) is 2. The second-order valence-electron chi connectivity index (χ2n) is 8.60. The van der Waals surface area contributed by atoms with Crippen LogP contribution in [-0.4, -0.2) is 53.8 Å². The van der Waals surface area contributed by atoms with Gasteiger partial charge in [-0.2, -0.15) is 0 Å². The Morgan fingerprint density at radius 1 is 1.15 bits per heavy atom. The van der Waals surface area contributed by atoms with Gasteiger partial charge >= 0.3 is 0 Å². The fraction of sp³-hybridized carbons (Fsp3) is 0.417. The fourth-order valence-corrected chi connectivity index (χ4v) is 6.02. The number of thiophene rings is 1. The van der Waals surface area contributed by atoms with Crippen LogP contribution in [0.4, 0.5) is 5.00 Å². The quantitative estimate of drug-likeness (QED) is 0.636. The fourth-order valence-electron chi connectivity index (χ4n) is 4.73. The predicted molar refractivity (Wildman–Crippen MR) is 123 cm³/mol. The third kappa shape index (κ3) is 3.85.